The van der Waals surface area contributed by atoms with Crippen LogP contribution in [0.25, 0.3) is 17.1 Å². The molecule has 3 aromatic rings. The molecule has 1 aliphatic rings. The van der Waals surface area contributed by atoms with Crippen molar-refractivity contribution in [2.45, 2.75) is 12.8 Å². The molecule has 0 radical (unpaired) electrons. The molecule has 26 heavy (non-hydrogen) atoms. The summed E-state index contributed by atoms with van der Waals surface area (Å²) in [5, 5.41) is 4.77. The van der Waals surface area contributed by atoms with Gasteiger partial charge in [0.1, 0.15) is 5.82 Å². The summed E-state index contributed by atoms with van der Waals surface area (Å²) in [6, 6.07) is 15.9. The second kappa shape index (κ2) is 7.17. The van der Waals surface area contributed by atoms with Gasteiger partial charge in [-0.25, -0.2) is 9.67 Å². The van der Waals surface area contributed by atoms with Crippen LogP contribution in [0.4, 0.5) is 0 Å². The van der Waals surface area contributed by atoms with Gasteiger partial charge < -0.3 is 14.4 Å². The largest absolute Gasteiger partial charge is 0.454 e. The van der Waals surface area contributed by atoms with Crippen LogP contribution in [0.3, 0.4) is 0 Å². The van der Waals surface area contributed by atoms with Gasteiger partial charge in [0.05, 0.1) is 5.69 Å². The molecule has 2 aromatic carbocycles. The zero-order valence-corrected chi connectivity index (χ0v) is 15.1. The van der Waals surface area contributed by atoms with E-state index in [1.165, 1.54) is 0 Å². The predicted octanol–water partition coefficient (Wildman–Crippen LogP) is 3.16. The minimum Gasteiger partial charge on any atom is -0.454 e. The van der Waals surface area contributed by atoms with Gasteiger partial charge in [-0.05, 0) is 39.2 Å². The molecule has 134 valence electrons. The van der Waals surface area contributed by atoms with Gasteiger partial charge in [0.15, 0.2) is 17.3 Å². The van der Waals surface area contributed by atoms with E-state index in [-0.39, 0.29) is 6.79 Å². The third-order valence-corrected chi connectivity index (χ3v) is 4.31. The molecule has 1 aliphatic heterocycles. The van der Waals surface area contributed by atoms with Crippen LogP contribution in [0, 0.1) is 0 Å². The summed E-state index contributed by atoms with van der Waals surface area (Å²) in [6.07, 6.45) is 1.87. The highest BCUT2D eigenvalue weighted by Crippen LogP contribution is 2.34. The highest BCUT2D eigenvalue weighted by Gasteiger charge is 2.17. The van der Waals surface area contributed by atoms with Crippen molar-refractivity contribution in [3.05, 3.63) is 54.4 Å². The molecule has 0 saturated heterocycles. The van der Waals surface area contributed by atoms with Crippen molar-refractivity contribution in [1.82, 2.24) is 19.7 Å². The van der Waals surface area contributed by atoms with Gasteiger partial charge in [-0.3, -0.25) is 0 Å². The van der Waals surface area contributed by atoms with E-state index in [1.807, 2.05) is 53.2 Å². The minimum atomic E-state index is 0.265. The molecular weight excluding hydrogens is 328 g/mol. The van der Waals surface area contributed by atoms with E-state index in [9.17, 15) is 0 Å². The molecule has 1 aromatic heterocycles. The number of nitrogens with zero attached hydrogens (tertiary/aromatic N) is 4. The SMILES string of the molecule is CN(C)CCCc1nc(-c2ccccc2)nn1-c1ccc2c(c1)OCO2. The Kier molecular flexibility index (Phi) is 4.58. The van der Waals surface area contributed by atoms with E-state index in [4.69, 9.17) is 19.6 Å². The fourth-order valence-electron chi connectivity index (χ4n) is 2.99. The first kappa shape index (κ1) is 16.6. The van der Waals surface area contributed by atoms with E-state index in [2.05, 4.69) is 19.0 Å². The summed E-state index contributed by atoms with van der Waals surface area (Å²) in [6.45, 7) is 1.27. The Balaban J connectivity index is 1.70. The second-order valence-electron chi connectivity index (χ2n) is 6.57. The quantitative estimate of drug-likeness (QED) is 0.683. The van der Waals surface area contributed by atoms with Crippen LogP contribution >= 0.6 is 0 Å². The van der Waals surface area contributed by atoms with Gasteiger partial charge >= 0.3 is 0 Å². The smallest absolute Gasteiger partial charge is 0.231 e. The van der Waals surface area contributed by atoms with Gasteiger partial charge in [-0.15, -0.1) is 5.10 Å². The highest BCUT2D eigenvalue weighted by molar-refractivity contribution is 5.56. The summed E-state index contributed by atoms with van der Waals surface area (Å²) in [5.41, 5.74) is 1.95. The maximum atomic E-state index is 5.51. The van der Waals surface area contributed by atoms with Crippen molar-refractivity contribution >= 4 is 0 Å². The Morgan fingerprint density at radius 2 is 1.85 bits per heavy atom. The Bertz CT molecular complexity index is 890. The van der Waals surface area contributed by atoms with E-state index >= 15 is 0 Å². The Labute approximate surface area is 153 Å². The van der Waals surface area contributed by atoms with Gasteiger partial charge in [-0.2, -0.15) is 0 Å². The number of aryl methyl sites for hydroxylation is 1. The maximum absolute atomic E-state index is 5.51. The van der Waals surface area contributed by atoms with Gasteiger partial charge in [0, 0.05) is 18.1 Å². The third-order valence-electron chi connectivity index (χ3n) is 4.31. The first-order chi connectivity index (χ1) is 12.7. The number of benzene rings is 2. The van der Waals surface area contributed by atoms with Crippen LogP contribution in [-0.2, 0) is 6.42 Å². The summed E-state index contributed by atoms with van der Waals surface area (Å²) < 4.78 is 12.8. The number of ether oxygens (including phenoxy) is 2. The van der Waals surface area contributed by atoms with Crippen molar-refractivity contribution in [1.29, 1.82) is 0 Å². The van der Waals surface area contributed by atoms with Crippen molar-refractivity contribution in [3.63, 3.8) is 0 Å². The number of hydrogen-bond acceptors (Lipinski definition) is 5. The lowest BCUT2D eigenvalue weighted by Crippen LogP contribution is -2.14. The van der Waals surface area contributed by atoms with Crippen LogP contribution < -0.4 is 9.47 Å². The van der Waals surface area contributed by atoms with Crippen LogP contribution in [0.1, 0.15) is 12.2 Å². The van der Waals surface area contributed by atoms with Crippen LogP contribution in [0.15, 0.2) is 48.5 Å². The van der Waals surface area contributed by atoms with Crippen LogP contribution in [0.5, 0.6) is 11.5 Å². The Morgan fingerprint density at radius 3 is 2.65 bits per heavy atom. The first-order valence-electron chi connectivity index (χ1n) is 8.77. The number of hydrogen-bond donors (Lipinski definition) is 0. The summed E-state index contributed by atoms with van der Waals surface area (Å²) in [5.74, 6) is 3.21. The normalized spacial score (nSPS) is 12.7. The zero-order valence-electron chi connectivity index (χ0n) is 15.1. The van der Waals surface area contributed by atoms with Gasteiger partial charge in [-0.1, -0.05) is 30.3 Å². The first-order valence-corrected chi connectivity index (χ1v) is 8.77. The maximum Gasteiger partial charge on any atom is 0.231 e. The molecular formula is C20H22N4O2. The summed E-state index contributed by atoms with van der Waals surface area (Å²) in [7, 11) is 4.16. The molecule has 2 heterocycles. The highest BCUT2D eigenvalue weighted by atomic mass is 16.7. The average Bonchev–Trinajstić information content (AvgIpc) is 3.28. The van der Waals surface area contributed by atoms with Crippen LogP contribution in [-0.4, -0.2) is 47.1 Å². The monoisotopic (exact) mass is 350 g/mol. The molecule has 0 fully saturated rings. The van der Waals surface area contributed by atoms with E-state index in [0.717, 1.165) is 53.8 Å². The lowest BCUT2D eigenvalue weighted by atomic mass is 10.2. The predicted molar refractivity (Wildman–Crippen MR) is 99.8 cm³/mol. The summed E-state index contributed by atoms with van der Waals surface area (Å²) in [4.78, 5) is 6.99. The lowest BCUT2D eigenvalue weighted by Gasteiger charge is -2.10. The molecule has 6 heteroatoms. The fourth-order valence-corrected chi connectivity index (χ4v) is 2.99. The Morgan fingerprint density at radius 1 is 1.04 bits per heavy atom. The molecule has 0 saturated carbocycles. The third kappa shape index (κ3) is 3.41. The van der Waals surface area contributed by atoms with E-state index in [1.54, 1.807) is 0 Å². The van der Waals surface area contributed by atoms with E-state index < -0.39 is 0 Å². The molecule has 0 unspecified atom stereocenters. The molecule has 0 atom stereocenters. The lowest BCUT2D eigenvalue weighted by molar-refractivity contribution is 0.174. The van der Waals surface area contributed by atoms with Gasteiger partial charge in [0.2, 0.25) is 6.79 Å². The molecule has 0 aliphatic carbocycles. The van der Waals surface area contributed by atoms with E-state index in [0.29, 0.717) is 0 Å². The van der Waals surface area contributed by atoms with Crippen molar-refractivity contribution in [2.24, 2.45) is 0 Å². The summed E-state index contributed by atoms with van der Waals surface area (Å²) >= 11 is 0. The zero-order chi connectivity index (χ0) is 17.9. The number of fused-ring (bicyclic) bond motifs is 1. The molecule has 6 nitrogen and oxygen atoms in total. The molecule has 0 amide bonds. The van der Waals surface area contributed by atoms with Crippen molar-refractivity contribution in [3.8, 4) is 28.6 Å². The molecule has 0 bridgehead atoms. The molecule has 4 rings (SSSR count). The molecule has 0 N–H and O–H groups in total. The van der Waals surface area contributed by atoms with Gasteiger partial charge in [0.25, 0.3) is 0 Å². The fraction of sp³-hybridized carbons (Fsp3) is 0.300. The van der Waals surface area contributed by atoms with Crippen molar-refractivity contribution < 1.29 is 9.47 Å². The topological polar surface area (TPSA) is 52.4 Å². The van der Waals surface area contributed by atoms with Crippen LogP contribution in [0.2, 0.25) is 0 Å². The Hall–Kier alpha value is -2.86. The van der Waals surface area contributed by atoms with Crippen molar-refractivity contribution in [2.75, 3.05) is 27.4 Å². The number of rotatable bonds is 6. The standard InChI is InChI=1S/C20H22N4O2/c1-23(2)12-6-9-19-21-20(15-7-4-3-5-8-15)22-24(19)16-10-11-17-18(13-16)26-14-25-17/h3-5,7-8,10-11,13H,6,9,12,14H2,1-2H3. The second-order valence-corrected chi connectivity index (χ2v) is 6.57. The minimum absolute atomic E-state index is 0.265. The number of aromatic nitrogens is 3. The average molecular weight is 350 g/mol. The molecule has 0 spiro atoms.